The molecule has 7 heteroatoms. The Kier molecular flexibility index (Phi) is 5.72. The Morgan fingerprint density at radius 2 is 1.87 bits per heavy atom. The number of fused-ring (bicyclic) bond motifs is 1. The van der Waals surface area contributed by atoms with E-state index in [1.165, 1.54) is 34.4 Å². The fourth-order valence-corrected chi connectivity index (χ4v) is 4.05. The lowest BCUT2D eigenvalue weighted by Gasteiger charge is -2.08. The highest BCUT2D eigenvalue weighted by atomic mass is 32.1. The van der Waals surface area contributed by atoms with E-state index in [-0.39, 0.29) is 17.3 Å². The maximum atomic E-state index is 13.3. The first-order valence-corrected chi connectivity index (χ1v) is 10.4. The van der Waals surface area contributed by atoms with Crippen molar-refractivity contribution in [1.82, 2.24) is 9.55 Å². The van der Waals surface area contributed by atoms with E-state index in [1.807, 2.05) is 12.3 Å². The summed E-state index contributed by atoms with van der Waals surface area (Å²) in [6.45, 7) is 2.65. The van der Waals surface area contributed by atoms with Crippen molar-refractivity contribution in [2.75, 3.05) is 6.61 Å². The predicted molar refractivity (Wildman–Crippen MR) is 115 cm³/mol. The van der Waals surface area contributed by atoms with E-state index in [2.05, 4.69) is 4.98 Å². The number of thiophene rings is 1. The van der Waals surface area contributed by atoms with Gasteiger partial charge in [-0.15, -0.1) is 11.3 Å². The van der Waals surface area contributed by atoms with Crippen LogP contribution in [0.1, 0.15) is 29.3 Å². The number of esters is 1. The molecule has 5 nitrogen and oxygen atoms in total. The van der Waals surface area contributed by atoms with E-state index in [4.69, 9.17) is 4.74 Å². The molecule has 2 aromatic carbocycles. The molecule has 0 atom stereocenters. The molecule has 0 aliphatic heterocycles. The SMILES string of the molecule is CCCOC(=O)c1ccc(Cn2cnc3scc(-c4ccc(F)cc4)c3c2=O)cc1. The van der Waals surface area contributed by atoms with Crippen LogP contribution < -0.4 is 5.56 Å². The molecule has 152 valence electrons. The van der Waals surface area contributed by atoms with Crippen LogP contribution in [0.2, 0.25) is 0 Å². The van der Waals surface area contributed by atoms with E-state index in [1.54, 1.807) is 36.4 Å². The van der Waals surface area contributed by atoms with Gasteiger partial charge in [0.05, 0.1) is 30.4 Å². The van der Waals surface area contributed by atoms with E-state index in [9.17, 15) is 14.0 Å². The monoisotopic (exact) mass is 422 g/mol. The molecule has 2 heterocycles. The maximum Gasteiger partial charge on any atom is 0.338 e. The highest BCUT2D eigenvalue weighted by molar-refractivity contribution is 7.17. The topological polar surface area (TPSA) is 61.2 Å². The summed E-state index contributed by atoms with van der Waals surface area (Å²) in [5, 5.41) is 2.39. The number of rotatable bonds is 6. The number of aromatic nitrogens is 2. The zero-order valence-corrected chi connectivity index (χ0v) is 17.1. The number of hydrogen-bond donors (Lipinski definition) is 0. The molecule has 2 aromatic heterocycles. The molecule has 30 heavy (non-hydrogen) atoms. The van der Waals surface area contributed by atoms with Crippen LogP contribution in [0.4, 0.5) is 4.39 Å². The number of carbonyl (C=O) groups is 1. The number of benzene rings is 2. The molecule has 0 aliphatic rings. The summed E-state index contributed by atoms with van der Waals surface area (Å²) in [4.78, 5) is 30.1. The average molecular weight is 422 g/mol. The molecule has 0 unspecified atom stereocenters. The third-order valence-electron chi connectivity index (χ3n) is 4.70. The lowest BCUT2D eigenvalue weighted by Crippen LogP contribution is -2.21. The lowest BCUT2D eigenvalue weighted by atomic mass is 10.1. The minimum Gasteiger partial charge on any atom is -0.462 e. The van der Waals surface area contributed by atoms with Gasteiger partial charge < -0.3 is 4.74 Å². The van der Waals surface area contributed by atoms with Crippen molar-refractivity contribution in [3.63, 3.8) is 0 Å². The lowest BCUT2D eigenvalue weighted by molar-refractivity contribution is 0.0505. The first kappa shape index (κ1) is 20.0. The Hall–Kier alpha value is -3.32. The molecule has 0 N–H and O–H groups in total. The van der Waals surface area contributed by atoms with Crippen LogP contribution in [-0.4, -0.2) is 22.1 Å². The van der Waals surface area contributed by atoms with Crippen LogP contribution in [0.3, 0.4) is 0 Å². The van der Waals surface area contributed by atoms with Crippen molar-refractivity contribution in [1.29, 1.82) is 0 Å². The van der Waals surface area contributed by atoms with Crippen LogP contribution in [0.25, 0.3) is 21.3 Å². The predicted octanol–water partition coefficient (Wildman–Crippen LogP) is 4.88. The van der Waals surface area contributed by atoms with E-state index >= 15 is 0 Å². The van der Waals surface area contributed by atoms with Crippen molar-refractivity contribution in [2.45, 2.75) is 19.9 Å². The van der Waals surface area contributed by atoms with Gasteiger partial charge in [-0.25, -0.2) is 14.2 Å². The van der Waals surface area contributed by atoms with Gasteiger partial charge in [0.1, 0.15) is 10.6 Å². The molecule has 4 rings (SSSR count). The van der Waals surface area contributed by atoms with Gasteiger partial charge in [-0.1, -0.05) is 31.2 Å². The molecule has 0 saturated heterocycles. The zero-order chi connectivity index (χ0) is 21.1. The van der Waals surface area contributed by atoms with Crippen LogP contribution >= 0.6 is 11.3 Å². The highest BCUT2D eigenvalue weighted by Crippen LogP contribution is 2.30. The smallest absolute Gasteiger partial charge is 0.338 e. The number of halogens is 1. The molecule has 4 aromatic rings. The molecular formula is C23H19FN2O3S. The van der Waals surface area contributed by atoms with E-state index < -0.39 is 0 Å². The maximum absolute atomic E-state index is 13.3. The summed E-state index contributed by atoms with van der Waals surface area (Å²) in [5.74, 6) is -0.679. The highest BCUT2D eigenvalue weighted by Gasteiger charge is 2.14. The second kappa shape index (κ2) is 8.59. The first-order valence-electron chi connectivity index (χ1n) is 9.55. The molecule has 0 saturated carbocycles. The molecule has 0 aliphatic carbocycles. The molecule has 0 spiro atoms. The first-order chi connectivity index (χ1) is 14.6. The summed E-state index contributed by atoms with van der Waals surface area (Å²) in [6.07, 6.45) is 2.30. The number of ether oxygens (including phenoxy) is 1. The summed E-state index contributed by atoms with van der Waals surface area (Å²) in [6, 6.07) is 13.1. The van der Waals surface area contributed by atoms with Gasteiger partial charge in [-0.05, 0) is 41.8 Å². The summed E-state index contributed by atoms with van der Waals surface area (Å²) >= 11 is 1.38. The van der Waals surface area contributed by atoms with Gasteiger partial charge >= 0.3 is 5.97 Å². The molecule has 0 bridgehead atoms. The Balaban J connectivity index is 1.63. The van der Waals surface area contributed by atoms with Crippen LogP contribution in [-0.2, 0) is 11.3 Å². The minimum absolute atomic E-state index is 0.160. The number of carbonyl (C=O) groups excluding carboxylic acids is 1. The zero-order valence-electron chi connectivity index (χ0n) is 16.3. The van der Waals surface area contributed by atoms with Crippen molar-refractivity contribution in [2.24, 2.45) is 0 Å². The Morgan fingerprint density at radius 1 is 1.13 bits per heavy atom. The average Bonchev–Trinajstić information content (AvgIpc) is 3.20. The normalized spacial score (nSPS) is 11.0. The summed E-state index contributed by atoms with van der Waals surface area (Å²) < 4.78 is 19.9. The van der Waals surface area contributed by atoms with Crippen LogP contribution in [0.15, 0.2) is 65.0 Å². The third-order valence-corrected chi connectivity index (χ3v) is 5.58. The fourth-order valence-electron chi connectivity index (χ4n) is 3.14. The van der Waals surface area contributed by atoms with Gasteiger partial charge in [0.2, 0.25) is 0 Å². The molecule has 0 radical (unpaired) electrons. The van der Waals surface area contributed by atoms with Gasteiger partial charge in [0.25, 0.3) is 5.56 Å². The van der Waals surface area contributed by atoms with Gasteiger partial charge in [0.15, 0.2) is 0 Å². The van der Waals surface area contributed by atoms with Crippen LogP contribution in [0, 0.1) is 5.82 Å². The Labute approximate surface area is 176 Å². The molecule has 0 fully saturated rings. The Bertz CT molecular complexity index is 1240. The van der Waals surface area contributed by atoms with Crippen molar-refractivity contribution < 1.29 is 13.9 Å². The van der Waals surface area contributed by atoms with Crippen molar-refractivity contribution >= 4 is 27.5 Å². The van der Waals surface area contributed by atoms with Crippen molar-refractivity contribution in [3.8, 4) is 11.1 Å². The van der Waals surface area contributed by atoms with E-state index in [0.717, 1.165) is 23.1 Å². The largest absolute Gasteiger partial charge is 0.462 e. The van der Waals surface area contributed by atoms with Gasteiger partial charge in [-0.3, -0.25) is 9.36 Å². The summed E-state index contributed by atoms with van der Waals surface area (Å²) in [5.41, 5.74) is 2.70. The minimum atomic E-state index is -0.356. The van der Waals surface area contributed by atoms with E-state index in [0.29, 0.717) is 28.9 Å². The molecule has 0 amide bonds. The quantitative estimate of drug-likeness (QED) is 0.416. The van der Waals surface area contributed by atoms with Crippen LogP contribution in [0.5, 0.6) is 0 Å². The van der Waals surface area contributed by atoms with Gasteiger partial charge in [-0.2, -0.15) is 0 Å². The summed E-state index contributed by atoms with van der Waals surface area (Å²) in [7, 11) is 0. The standard InChI is InChI=1S/C23H19FN2O3S/c1-2-11-29-23(28)17-5-3-15(4-6-17)12-26-14-25-21-20(22(26)27)19(13-30-21)16-7-9-18(24)10-8-16/h3-10,13-14H,2,11-12H2,1H3. The Morgan fingerprint density at radius 3 is 2.57 bits per heavy atom. The second-order valence-corrected chi connectivity index (χ2v) is 7.70. The second-order valence-electron chi connectivity index (χ2n) is 6.85. The fraction of sp³-hybridized carbons (Fsp3) is 0.174. The number of nitrogens with zero attached hydrogens (tertiary/aromatic N) is 2. The van der Waals surface area contributed by atoms with Crippen molar-refractivity contribution in [3.05, 3.63) is 87.5 Å². The third kappa shape index (κ3) is 4.02. The van der Waals surface area contributed by atoms with Gasteiger partial charge in [0, 0.05) is 10.9 Å². The molecular weight excluding hydrogens is 403 g/mol. The number of hydrogen-bond acceptors (Lipinski definition) is 5.